The van der Waals surface area contributed by atoms with Crippen LogP contribution in [0.15, 0.2) is 0 Å². The summed E-state index contributed by atoms with van der Waals surface area (Å²) in [4.78, 5) is 19.3. The number of carbonyl (C=O) groups is 2. The zero-order chi connectivity index (χ0) is 11.7. The molecule has 0 rings (SSSR count). The first kappa shape index (κ1) is 15.8. The summed E-state index contributed by atoms with van der Waals surface area (Å²) in [6.45, 7) is 4.82. The molecule has 0 bridgehead atoms. The van der Waals surface area contributed by atoms with Crippen molar-refractivity contribution in [3.8, 4) is 0 Å². The Balaban J connectivity index is 0. The van der Waals surface area contributed by atoms with Gasteiger partial charge in [-0.25, -0.2) is 9.59 Å². The first-order chi connectivity index (χ1) is 6.25. The lowest BCUT2D eigenvalue weighted by Crippen LogP contribution is -2.07. The third-order valence-electron chi connectivity index (χ3n) is 0.592. The smallest absolute Gasteiger partial charge is 0.450 e. The molecular weight excluding hydrogens is 235 g/mol. The summed E-state index contributed by atoms with van der Waals surface area (Å²) in [5.41, 5.74) is -1.51. The summed E-state index contributed by atoms with van der Waals surface area (Å²) in [5, 5.41) is 7.86. The lowest BCUT2D eigenvalue weighted by Gasteiger charge is -1.99. The summed E-state index contributed by atoms with van der Waals surface area (Å²) in [6, 6.07) is 0. The van der Waals surface area contributed by atoms with Crippen molar-refractivity contribution in [2.75, 3.05) is 0 Å². The van der Waals surface area contributed by atoms with Crippen LogP contribution in [0.4, 0.5) is 9.59 Å². The van der Waals surface area contributed by atoms with Gasteiger partial charge >= 0.3 is 11.6 Å². The molecule has 0 aliphatic heterocycles. The average Bonchev–Trinajstić information content (AvgIpc) is 1.79. The van der Waals surface area contributed by atoms with Gasteiger partial charge in [0.1, 0.15) is 0 Å². The molecule has 84 valence electrons. The highest BCUT2D eigenvalue weighted by Crippen LogP contribution is 1.98. The zero-order valence-corrected chi connectivity index (χ0v) is 9.50. The van der Waals surface area contributed by atoms with Crippen molar-refractivity contribution in [1.29, 1.82) is 0 Å². The lowest BCUT2D eigenvalue weighted by atomic mass is 10.5. The third-order valence-corrected chi connectivity index (χ3v) is 0.770. The number of carboxylic acid groups (broad SMARTS) is 1. The van der Waals surface area contributed by atoms with Crippen molar-refractivity contribution in [2.24, 2.45) is 0 Å². The standard InChI is InChI=1S/C4H8O3.C3H4Cl2O2/c1-3(2)7-4(5)6;1-2(4)7-3(5)6/h3H,1-2H3,(H,5,6);2H,1H3. The largest absolute Gasteiger partial charge is 0.506 e. The van der Waals surface area contributed by atoms with Crippen molar-refractivity contribution in [3.63, 3.8) is 0 Å². The van der Waals surface area contributed by atoms with Crippen LogP contribution in [-0.4, -0.2) is 28.4 Å². The maximum atomic E-state index is 9.71. The van der Waals surface area contributed by atoms with E-state index < -0.39 is 17.1 Å². The molecule has 0 spiro atoms. The molecule has 5 nitrogen and oxygen atoms in total. The number of alkyl halides is 1. The van der Waals surface area contributed by atoms with Gasteiger partial charge in [0.05, 0.1) is 6.10 Å². The molecule has 0 heterocycles. The van der Waals surface area contributed by atoms with Crippen LogP contribution in [0, 0.1) is 0 Å². The Morgan fingerprint density at radius 3 is 1.64 bits per heavy atom. The highest BCUT2D eigenvalue weighted by molar-refractivity contribution is 6.61. The minimum atomic E-state index is -1.21. The van der Waals surface area contributed by atoms with Crippen molar-refractivity contribution < 1.29 is 24.2 Å². The van der Waals surface area contributed by atoms with E-state index in [1.807, 2.05) is 0 Å². The highest BCUT2D eigenvalue weighted by atomic mass is 35.5. The second-order valence-electron chi connectivity index (χ2n) is 2.33. The summed E-state index contributed by atoms with van der Waals surface area (Å²) in [6.07, 6.45) is -1.44. The van der Waals surface area contributed by atoms with Crippen molar-refractivity contribution >= 4 is 34.8 Å². The Bertz CT molecular complexity index is 161. The van der Waals surface area contributed by atoms with Gasteiger partial charge in [-0.1, -0.05) is 11.6 Å². The lowest BCUT2D eigenvalue weighted by molar-refractivity contribution is 0.0660. The van der Waals surface area contributed by atoms with Gasteiger partial charge in [0, 0.05) is 11.6 Å². The second-order valence-corrected chi connectivity index (χ2v) is 3.25. The van der Waals surface area contributed by atoms with Gasteiger partial charge in [-0.15, -0.1) is 0 Å². The van der Waals surface area contributed by atoms with Crippen LogP contribution in [0.1, 0.15) is 20.8 Å². The Kier molecular flexibility index (Phi) is 10.0. The average molecular weight is 247 g/mol. The summed E-state index contributed by atoms with van der Waals surface area (Å²) < 4.78 is 8.31. The number of rotatable bonds is 2. The van der Waals surface area contributed by atoms with Crippen LogP contribution >= 0.6 is 23.2 Å². The molecule has 0 radical (unpaired) electrons. The molecule has 1 atom stereocenters. The van der Waals surface area contributed by atoms with Gasteiger partial charge in [0.15, 0.2) is 5.56 Å². The first-order valence-electron chi connectivity index (χ1n) is 3.65. The minimum Gasteiger partial charge on any atom is -0.450 e. The van der Waals surface area contributed by atoms with Crippen molar-refractivity contribution in [1.82, 2.24) is 0 Å². The van der Waals surface area contributed by atoms with Crippen molar-refractivity contribution in [3.05, 3.63) is 0 Å². The molecule has 0 aliphatic rings. The van der Waals surface area contributed by atoms with E-state index in [1.165, 1.54) is 6.92 Å². The fraction of sp³-hybridized carbons (Fsp3) is 0.714. The molecule has 7 heteroatoms. The van der Waals surface area contributed by atoms with Crippen LogP contribution in [0.25, 0.3) is 0 Å². The Morgan fingerprint density at radius 1 is 1.21 bits per heavy atom. The normalized spacial score (nSPS) is 11.0. The van der Waals surface area contributed by atoms with E-state index >= 15 is 0 Å². The van der Waals surface area contributed by atoms with E-state index in [-0.39, 0.29) is 6.10 Å². The minimum absolute atomic E-state index is 0.225. The van der Waals surface area contributed by atoms with Crippen molar-refractivity contribution in [2.45, 2.75) is 32.4 Å². The van der Waals surface area contributed by atoms with Gasteiger partial charge in [0.25, 0.3) is 0 Å². The molecule has 0 fully saturated rings. The number of halogens is 2. The molecule has 0 aromatic rings. The first-order valence-corrected chi connectivity index (χ1v) is 4.47. The zero-order valence-electron chi connectivity index (χ0n) is 7.99. The van der Waals surface area contributed by atoms with E-state index in [0.717, 1.165) is 0 Å². The van der Waals surface area contributed by atoms with Crippen LogP contribution in [0.5, 0.6) is 0 Å². The van der Waals surface area contributed by atoms with Gasteiger partial charge in [-0.05, 0) is 20.8 Å². The van der Waals surface area contributed by atoms with E-state index in [4.69, 9.17) is 28.3 Å². The van der Waals surface area contributed by atoms with Crippen LogP contribution in [0.3, 0.4) is 0 Å². The molecule has 0 aromatic heterocycles. The molecule has 0 saturated heterocycles. The molecule has 0 aromatic carbocycles. The molecule has 0 saturated carbocycles. The van der Waals surface area contributed by atoms with Gasteiger partial charge in [0.2, 0.25) is 0 Å². The fourth-order valence-electron chi connectivity index (χ4n) is 0.329. The van der Waals surface area contributed by atoms with Crippen LogP contribution in [-0.2, 0) is 9.47 Å². The summed E-state index contributed by atoms with van der Waals surface area (Å²) in [7, 11) is 0. The van der Waals surface area contributed by atoms with Crippen LogP contribution in [0.2, 0.25) is 0 Å². The Morgan fingerprint density at radius 2 is 1.64 bits per heavy atom. The predicted octanol–water partition coefficient (Wildman–Crippen LogP) is 3.04. The van der Waals surface area contributed by atoms with Gasteiger partial charge in [-0.2, -0.15) is 0 Å². The Labute approximate surface area is 91.9 Å². The molecular formula is C7H12Cl2O5. The number of hydrogen-bond donors (Lipinski definition) is 1. The monoisotopic (exact) mass is 246 g/mol. The SMILES string of the molecule is CC(C)OC(=O)O.CC(Cl)OC(=O)Cl. The molecule has 1 N–H and O–H groups in total. The van der Waals surface area contributed by atoms with E-state index in [0.29, 0.717) is 0 Å². The van der Waals surface area contributed by atoms with E-state index in [1.54, 1.807) is 13.8 Å². The molecule has 1 unspecified atom stereocenters. The second kappa shape index (κ2) is 8.90. The van der Waals surface area contributed by atoms with Gasteiger partial charge < -0.3 is 14.6 Å². The maximum absolute atomic E-state index is 9.71. The Hall–Kier alpha value is -0.680. The number of hydrogen-bond acceptors (Lipinski definition) is 4. The van der Waals surface area contributed by atoms with Gasteiger partial charge in [-0.3, -0.25) is 0 Å². The molecule has 0 aliphatic carbocycles. The predicted molar refractivity (Wildman–Crippen MR) is 51.9 cm³/mol. The number of ether oxygens (including phenoxy) is 2. The molecule has 14 heavy (non-hydrogen) atoms. The van der Waals surface area contributed by atoms with E-state index in [9.17, 15) is 9.59 Å². The fourth-order valence-corrected chi connectivity index (χ4v) is 0.589. The quantitative estimate of drug-likeness (QED) is 0.461. The van der Waals surface area contributed by atoms with E-state index in [2.05, 4.69) is 9.47 Å². The number of carbonyl (C=O) groups excluding carboxylic acids is 1. The van der Waals surface area contributed by atoms with Crippen LogP contribution < -0.4 is 0 Å². The summed E-state index contributed by atoms with van der Waals surface area (Å²) >= 11 is 9.87. The highest BCUT2D eigenvalue weighted by Gasteiger charge is 1.98. The summed E-state index contributed by atoms with van der Waals surface area (Å²) in [5.74, 6) is 0. The molecule has 0 amide bonds. The maximum Gasteiger partial charge on any atom is 0.506 e. The topological polar surface area (TPSA) is 72.8 Å². The third kappa shape index (κ3) is 22.5.